The van der Waals surface area contributed by atoms with E-state index in [1.807, 2.05) is 0 Å². The van der Waals surface area contributed by atoms with Crippen molar-refractivity contribution in [3.8, 4) is 10.7 Å². The predicted molar refractivity (Wildman–Crippen MR) is 82.5 cm³/mol. The second kappa shape index (κ2) is 7.89. The summed E-state index contributed by atoms with van der Waals surface area (Å²) in [6.07, 6.45) is -5.25. The Morgan fingerprint density at radius 3 is 2.67 bits per heavy atom. The fourth-order valence-electron chi connectivity index (χ4n) is 2.36. The third-order valence-electron chi connectivity index (χ3n) is 3.91. The molecule has 0 atom stereocenters. The van der Waals surface area contributed by atoms with Gasteiger partial charge in [0.25, 0.3) is 6.43 Å². The molecule has 0 aromatic carbocycles. The summed E-state index contributed by atoms with van der Waals surface area (Å²) in [4.78, 5) is 21.4. The van der Waals surface area contributed by atoms with E-state index in [9.17, 15) is 26.7 Å². The molecule has 12 heteroatoms. The summed E-state index contributed by atoms with van der Waals surface area (Å²) in [7, 11) is 0. The lowest BCUT2D eigenvalue weighted by atomic mass is 9.85. The van der Waals surface area contributed by atoms with Crippen LogP contribution in [-0.4, -0.2) is 34.1 Å². The van der Waals surface area contributed by atoms with Crippen LogP contribution < -0.4 is 0 Å². The fourth-order valence-corrected chi connectivity index (χ4v) is 3.27. The van der Waals surface area contributed by atoms with Crippen molar-refractivity contribution >= 4 is 17.2 Å². The molecule has 0 aliphatic heterocycles. The van der Waals surface area contributed by atoms with E-state index in [4.69, 9.17) is 4.84 Å². The first-order valence-corrected chi connectivity index (χ1v) is 8.78. The van der Waals surface area contributed by atoms with Gasteiger partial charge in [-0.1, -0.05) is 11.6 Å². The summed E-state index contributed by atoms with van der Waals surface area (Å²) in [5.41, 5.74) is 0. The van der Waals surface area contributed by atoms with E-state index < -0.39 is 25.1 Å². The molecule has 2 aromatic heterocycles. The quantitative estimate of drug-likeness (QED) is 0.506. The first-order chi connectivity index (χ1) is 12.7. The van der Waals surface area contributed by atoms with Gasteiger partial charge in [-0.2, -0.15) is 18.2 Å². The van der Waals surface area contributed by atoms with E-state index in [1.54, 1.807) is 0 Å². The second-order valence-corrected chi connectivity index (χ2v) is 7.04. The Balaban J connectivity index is 1.71. The van der Waals surface area contributed by atoms with E-state index >= 15 is 0 Å². The maximum atomic E-state index is 12.5. The lowest BCUT2D eigenvalue weighted by molar-refractivity contribution is -0.207. The van der Waals surface area contributed by atoms with Crippen molar-refractivity contribution in [1.29, 1.82) is 0 Å². The molecule has 1 aliphatic rings. The molecule has 1 fully saturated rings. The zero-order valence-electron chi connectivity index (χ0n) is 13.7. The number of aromatic nitrogens is 2. The molecule has 2 aromatic rings. The number of thiophene rings is 1. The zero-order valence-corrected chi connectivity index (χ0v) is 14.5. The van der Waals surface area contributed by atoms with Crippen molar-refractivity contribution in [1.82, 2.24) is 15.2 Å². The van der Waals surface area contributed by atoms with Gasteiger partial charge >= 0.3 is 12.1 Å². The third-order valence-corrected chi connectivity index (χ3v) is 4.97. The van der Waals surface area contributed by atoms with Crippen LogP contribution in [0.2, 0.25) is 0 Å². The van der Waals surface area contributed by atoms with Gasteiger partial charge in [0.1, 0.15) is 6.61 Å². The molecule has 0 saturated heterocycles. The van der Waals surface area contributed by atoms with Gasteiger partial charge in [-0.05, 0) is 25.0 Å². The van der Waals surface area contributed by atoms with Gasteiger partial charge in [0.05, 0.1) is 11.4 Å². The molecule has 0 spiro atoms. The smallest absolute Gasteiger partial charge is 0.329 e. The van der Waals surface area contributed by atoms with Gasteiger partial charge in [0.15, 0.2) is 0 Å². The molecule has 3 rings (SSSR count). The van der Waals surface area contributed by atoms with Gasteiger partial charge < -0.3 is 4.52 Å². The molecule has 1 aliphatic carbocycles. The van der Waals surface area contributed by atoms with Crippen LogP contribution in [0.5, 0.6) is 0 Å². The average molecular weight is 411 g/mol. The lowest BCUT2D eigenvalue weighted by Gasteiger charge is -2.30. The van der Waals surface area contributed by atoms with E-state index in [2.05, 4.69) is 14.7 Å². The first-order valence-electron chi connectivity index (χ1n) is 7.96. The van der Waals surface area contributed by atoms with Crippen molar-refractivity contribution in [3.05, 3.63) is 22.9 Å². The summed E-state index contributed by atoms with van der Waals surface area (Å²) in [5, 5.41) is 4.18. The van der Waals surface area contributed by atoms with Crippen LogP contribution in [0.3, 0.4) is 0 Å². The van der Waals surface area contributed by atoms with Crippen molar-refractivity contribution in [3.63, 3.8) is 0 Å². The first kappa shape index (κ1) is 19.7. The van der Waals surface area contributed by atoms with Crippen molar-refractivity contribution in [2.24, 2.45) is 5.92 Å². The van der Waals surface area contributed by atoms with Crippen LogP contribution in [0.15, 0.2) is 16.7 Å². The Hall–Kier alpha value is -2.08. The monoisotopic (exact) mass is 411 g/mol. The van der Waals surface area contributed by atoms with Crippen LogP contribution in [-0.2, 0) is 22.4 Å². The van der Waals surface area contributed by atoms with Crippen molar-refractivity contribution in [2.45, 2.75) is 38.4 Å². The molecular weight excluding hydrogens is 397 g/mol. The van der Waals surface area contributed by atoms with E-state index in [-0.39, 0.29) is 29.1 Å². The van der Waals surface area contributed by atoms with Crippen LogP contribution in [0, 0.1) is 5.92 Å². The maximum absolute atomic E-state index is 12.5. The number of alkyl halides is 5. The highest BCUT2D eigenvalue weighted by molar-refractivity contribution is 7.15. The zero-order chi connectivity index (χ0) is 19.6. The van der Waals surface area contributed by atoms with Crippen molar-refractivity contribution < 1.29 is 36.1 Å². The summed E-state index contributed by atoms with van der Waals surface area (Å²) >= 11 is 1.01. The van der Waals surface area contributed by atoms with Gasteiger partial charge in [-0.3, -0.25) is 9.63 Å². The van der Waals surface area contributed by atoms with Crippen molar-refractivity contribution in [2.75, 3.05) is 6.61 Å². The van der Waals surface area contributed by atoms with Crippen LogP contribution in [0.1, 0.15) is 30.0 Å². The minimum absolute atomic E-state index is 0.100. The number of hydrogen-bond donors (Lipinski definition) is 0. The Bertz CT molecular complexity index is 788. The molecule has 6 nitrogen and oxygen atoms in total. The third kappa shape index (κ3) is 4.80. The molecule has 27 heavy (non-hydrogen) atoms. The Labute approximate surface area is 153 Å². The molecule has 0 unspecified atom stereocenters. The summed E-state index contributed by atoms with van der Waals surface area (Å²) < 4.78 is 66.7. The molecule has 0 radical (unpaired) electrons. The molecule has 0 bridgehead atoms. The SMILES string of the molecule is O=C(C1CCC1)N(Cc1ccc(-c2noc(C(F)(F)F)n2)s1)OCC(F)F. The predicted octanol–water partition coefficient (Wildman–Crippen LogP) is 4.14. The molecule has 1 saturated carbocycles. The molecule has 148 valence electrons. The summed E-state index contributed by atoms with van der Waals surface area (Å²) in [6.45, 7) is -1.02. The van der Waals surface area contributed by atoms with E-state index in [1.165, 1.54) is 12.1 Å². The molecule has 2 heterocycles. The topological polar surface area (TPSA) is 68.5 Å². The Morgan fingerprint density at radius 2 is 2.11 bits per heavy atom. The fraction of sp³-hybridized carbons (Fsp3) is 0.533. The highest BCUT2D eigenvalue weighted by atomic mass is 32.1. The number of carbonyl (C=O) groups excluding carboxylic acids is 1. The number of amides is 1. The summed E-state index contributed by atoms with van der Waals surface area (Å²) in [6, 6.07) is 3.00. The van der Waals surface area contributed by atoms with Gasteiger partial charge in [0.2, 0.25) is 11.7 Å². The van der Waals surface area contributed by atoms with Crippen LogP contribution in [0.4, 0.5) is 22.0 Å². The number of hydroxylamine groups is 2. The molecule has 1 amide bonds. The number of rotatable bonds is 7. The molecule has 0 N–H and O–H groups in total. The Kier molecular flexibility index (Phi) is 5.75. The minimum atomic E-state index is -4.75. The second-order valence-electron chi connectivity index (χ2n) is 5.88. The highest BCUT2D eigenvalue weighted by Gasteiger charge is 2.38. The van der Waals surface area contributed by atoms with Gasteiger partial charge in [0, 0.05) is 10.8 Å². The minimum Gasteiger partial charge on any atom is -0.329 e. The Morgan fingerprint density at radius 1 is 1.37 bits per heavy atom. The van der Waals surface area contributed by atoms with Gasteiger partial charge in [-0.15, -0.1) is 11.3 Å². The maximum Gasteiger partial charge on any atom is 0.471 e. The number of hydrogen-bond acceptors (Lipinski definition) is 6. The average Bonchev–Trinajstić information content (AvgIpc) is 3.17. The normalized spacial score (nSPS) is 15.2. The van der Waals surface area contributed by atoms with Gasteiger partial charge in [-0.25, -0.2) is 13.8 Å². The van der Waals surface area contributed by atoms with Crippen LogP contribution in [0.25, 0.3) is 10.7 Å². The highest BCUT2D eigenvalue weighted by Crippen LogP contribution is 2.33. The molecular formula is C15H14F5N3O3S. The van der Waals surface area contributed by atoms with Crippen LogP contribution >= 0.6 is 11.3 Å². The standard InChI is InChI=1S/C15H14F5N3O3S/c16-11(17)7-25-23(13(24)8-2-1-3-8)6-9-4-5-10(27-9)12-21-14(26-22-12)15(18,19)20/h4-5,8,11H,1-3,6-7H2. The lowest BCUT2D eigenvalue weighted by Crippen LogP contribution is -2.39. The van der Waals surface area contributed by atoms with E-state index in [0.717, 1.165) is 22.8 Å². The number of nitrogens with zero attached hydrogens (tertiary/aromatic N) is 3. The largest absolute Gasteiger partial charge is 0.471 e. The number of carbonyl (C=O) groups is 1. The summed E-state index contributed by atoms with van der Waals surface area (Å²) in [5.74, 6) is -2.34. The number of halogens is 5. The van der Waals surface area contributed by atoms with E-state index in [0.29, 0.717) is 17.7 Å².